The van der Waals surface area contributed by atoms with E-state index >= 15 is 0 Å². The lowest BCUT2D eigenvalue weighted by atomic mass is 10.00. The number of pyridine rings is 3. The van der Waals surface area contributed by atoms with E-state index in [1.54, 1.807) is 6.20 Å². The Balaban J connectivity index is 1.04. The van der Waals surface area contributed by atoms with Crippen LogP contribution >= 0.6 is 0 Å². The number of rotatable bonds is 8. The molecule has 5 aromatic carbocycles. The van der Waals surface area contributed by atoms with Crippen LogP contribution in [0.15, 0.2) is 200 Å². The first-order chi connectivity index (χ1) is 26.7. The Bertz CT molecular complexity index is 2380. The van der Waals surface area contributed by atoms with E-state index in [0.29, 0.717) is 5.82 Å². The Morgan fingerprint density at radius 2 is 0.685 bits per heavy atom. The molecular weight excluding hydrogens is 659 g/mol. The fraction of sp³-hybridized carbons (Fsp3) is 0. The maximum Gasteiger partial charge on any atom is 0.160 e. The molecule has 254 valence electrons. The summed E-state index contributed by atoms with van der Waals surface area (Å²) in [4.78, 5) is 24.8. The summed E-state index contributed by atoms with van der Waals surface area (Å²) in [6, 6.07) is 66.1. The second kappa shape index (κ2) is 14.7. The molecule has 0 saturated heterocycles. The quantitative estimate of drug-likeness (QED) is 0.159. The molecule has 0 spiro atoms. The summed E-state index contributed by atoms with van der Waals surface area (Å²) < 4.78 is 0. The van der Waals surface area contributed by atoms with Gasteiger partial charge in [-0.25, -0.2) is 19.9 Å². The molecule has 0 fully saturated rings. The summed E-state index contributed by atoms with van der Waals surface area (Å²) in [5.74, 6) is 0.686. The number of aromatic nitrogens is 5. The van der Waals surface area contributed by atoms with Crippen LogP contribution in [0.4, 0.5) is 0 Å². The van der Waals surface area contributed by atoms with Crippen LogP contribution in [0.1, 0.15) is 0 Å². The molecule has 0 atom stereocenters. The number of nitrogens with zero attached hydrogens (tertiary/aromatic N) is 5. The van der Waals surface area contributed by atoms with Crippen molar-refractivity contribution in [3.63, 3.8) is 0 Å². The molecule has 0 amide bonds. The fourth-order valence-electron chi connectivity index (χ4n) is 6.60. The molecule has 0 aliphatic heterocycles. The largest absolute Gasteiger partial charge is 0.255 e. The second-order valence-corrected chi connectivity index (χ2v) is 13.0. The first-order valence-corrected chi connectivity index (χ1v) is 17.9. The molecule has 5 heteroatoms. The Morgan fingerprint density at radius 1 is 0.222 bits per heavy atom. The van der Waals surface area contributed by atoms with Gasteiger partial charge in [0.05, 0.1) is 39.9 Å². The van der Waals surface area contributed by atoms with E-state index in [9.17, 15) is 0 Å². The lowest BCUT2D eigenvalue weighted by Crippen LogP contribution is -1.96. The number of hydrogen-bond acceptors (Lipinski definition) is 5. The van der Waals surface area contributed by atoms with Crippen molar-refractivity contribution in [2.75, 3.05) is 0 Å². The highest BCUT2D eigenvalue weighted by Crippen LogP contribution is 2.33. The van der Waals surface area contributed by atoms with Crippen molar-refractivity contribution < 1.29 is 0 Å². The molecule has 0 saturated carbocycles. The Kier molecular flexibility index (Phi) is 8.86. The normalized spacial score (nSPS) is 11.0. The summed E-state index contributed by atoms with van der Waals surface area (Å²) >= 11 is 0. The van der Waals surface area contributed by atoms with Gasteiger partial charge in [0.2, 0.25) is 0 Å². The third-order valence-corrected chi connectivity index (χ3v) is 9.37. The summed E-state index contributed by atoms with van der Waals surface area (Å²) in [6.07, 6.45) is 1.80. The van der Waals surface area contributed by atoms with Crippen LogP contribution in [0.2, 0.25) is 0 Å². The zero-order valence-corrected chi connectivity index (χ0v) is 29.3. The highest BCUT2D eigenvalue weighted by Gasteiger charge is 2.14. The van der Waals surface area contributed by atoms with Crippen molar-refractivity contribution in [1.29, 1.82) is 0 Å². The van der Waals surface area contributed by atoms with Crippen LogP contribution in [0.3, 0.4) is 0 Å². The average molecular weight is 692 g/mol. The molecule has 4 heterocycles. The van der Waals surface area contributed by atoms with E-state index < -0.39 is 0 Å². The third-order valence-electron chi connectivity index (χ3n) is 9.37. The topological polar surface area (TPSA) is 64.5 Å². The molecule has 0 N–H and O–H groups in total. The SMILES string of the molecule is c1ccc(-c2cc(-c3ccccn3)nc(-c3cccc(-c4ccc(-c5cccc(-c6nc(-c7ccccc7)cc(-c7ccccc7)n6)c5)cc4)n3)c2)cc1. The summed E-state index contributed by atoms with van der Waals surface area (Å²) in [5, 5.41) is 0. The minimum Gasteiger partial charge on any atom is -0.255 e. The highest BCUT2D eigenvalue weighted by molar-refractivity contribution is 5.78. The Labute approximate surface area is 314 Å². The van der Waals surface area contributed by atoms with Crippen molar-refractivity contribution in [3.8, 4) is 90.2 Å². The fourth-order valence-corrected chi connectivity index (χ4v) is 6.60. The van der Waals surface area contributed by atoms with Crippen molar-refractivity contribution in [2.45, 2.75) is 0 Å². The van der Waals surface area contributed by atoms with Gasteiger partial charge in [0.25, 0.3) is 0 Å². The first-order valence-electron chi connectivity index (χ1n) is 17.9. The van der Waals surface area contributed by atoms with Gasteiger partial charge in [0.1, 0.15) is 0 Å². The van der Waals surface area contributed by atoms with Crippen LogP contribution < -0.4 is 0 Å². The third kappa shape index (κ3) is 6.94. The van der Waals surface area contributed by atoms with Gasteiger partial charge in [-0.05, 0) is 70.8 Å². The predicted octanol–water partition coefficient (Wildman–Crippen LogP) is 12.0. The van der Waals surface area contributed by atoms with E-state index in [-0.39, 0.29) is 0 Å². The van der Waals surface area contributed by atoms with Crippen LogP contribution in [0.25, 0.3) is 90.2 Å². The van der Waals surface area contributed by atoms with Crippen molar-refractivity contribution in [3.05, 3.63) is 200 Å². The van der Waals surface area contributed by atoms with Crippen LogP contribution in [0.5, 0.6) is 0 Å². The number of hydrogen-bond donors (Lipinski definition) is 0. The molecule has 0 aliphatic rings. The van der Waals surface area contributed by atoms with Gasteiger partial charge in [-0.1, -0.05) is 146 Å². The van der Waals surface area contributed by atoms with Gasteiger partial charge in [0.15, 0.2) is 5.82 Å². The monoisotopic (exact) mass is 691 g/mol. The van der Waals surface area contributed by atoms with Crippen LogP contribution in [0, 0.1) is 0 Å². The average Bonchev–Trinajstić information content (AvgIpc) is 3.27. The molecule has 4 aromatic heterocycles. The highest BCUT2D eigenvalue weighted by atomic mass is 14.9. The zero-order valence-electron chi connectivity index (χ0n) is 29.3. The summed E-state index contributed by atoms with van der Waals surface area (Å²) in [7, 11) is 0. The molecule has 5 nitrogen and oxygen atoms in total. The van der Waals surface area contributed by atoms with E-state index in [1.165, 1.54) is 0 Å². The van der Waals surface area contributed by atoms with Gasteiger partial charge in [0, 0.05) is 28.5 Å². The van der Waals surface area contributed by atoms with E-state index in [0.717, 1.165) is 84.4 Å². The van der Waals surface area contributed by atoms with Crippen molar-refractivity contribution in [2.24, 2.45) is 0 Å². The van der Waals surface area contributed by atoms with Gasteiger partial charge in [-0.2, -0.15) is 0 Å². The molecular formula is C49H33N5. The molecule has 9 rings (SSSR count). The van der Waals surface area contributed by atoms with E-state index in [4.69, 9.17) is 19.9 Å². The summed E-state index contributed by atoms with van der Waals surface area (Å²) in [5.41, 5.74) is 14.3. The minimum absolute atomic E-state index is 0.686. The van der Waals surface area contributed by atoms with Crippen molar-refractivity contribution >= 4 is 0 Å². The smallest absolute Gasteiger partial charge is 0.160 e. The molecule has 0 bridgehead atoms. The van der Waals surface area contributed by atoms with Gasteiger partial charge in [-0.15, -0.1) is 0 Å². The Morgan fingerprint density at radius 3 is 1.33 bits per heavy atom. The molecule has 54 heavy (non-hydrogen) atoms. The summed E-state index contributed by atoms with van der Waals surface area (Å²) in [6.45, 7) is 0. The maximum absolute atomic E-state index is 5.11. The predicted molar refractivity (Wildman–Crippen MR) is 219 cm³/mol. The van der Waals surface area contributed by atoms with Crippen LogP contribution in [-0.2, 0) is 0 Å². The molecule has 9 aromatic rings. The van der Waals surface area contributed by atoms with Crippen molar-refractivity contribution in [1.82, 2.24) is 24.9 Å². The number of benzene rings is 5. The first kappa shape index (κ1) is 32.5. The molecule has 0 unspecified atom stereocenters. The maximum atomic E-state index is 5.11. The second-order valence-electron chi connectivity index (χ2n) is 13.0. The molecule has 0 radical (unpaired) electrons. The standard InChI is InChI=1S/C49H33N5/c1-4-14-34(15-5-1)41-31-47(43-22-10-11-29-50-43)52-48(32-41)44-24-13-23-42(51-44)38-27-25-35(26-28-38)39-20-12-21-40(30-39)49-53-45(36-16-6-2-7-17-36)33-46(54-49)37-18-8-3-9-19-37/h1-33H. The van der Waals surface area contributed by atoms with Gasteiger partial charge >= 0.3 is 0 Å². The minimum atomic E-state index is 0.686. The van der Waals surface area contributed by atoms with Gasteiger partial charge < -0.3 is 0 Å². The lowest BCUT2D eigenvalue weighted by molar-refractivity contribution is 1.18. The lowest BCUT2D eigenvalue weighted by Gasteiger charge is -2.11. The van der Waals surface area contributed by atoms with E-state index in [2.05, 4.69) is 108 Å². The molecule has 0 aliphatic carbocycles. The van der Waals surface area contributed by atoms with Gasteiger partial charge in [-0.3, -0.25) is 4.98 Å². The zero-order chi connectivity index (χ0) is 36.1. The van der Waals surface area contributed by atoms with E-state index in [1.807, 2.05) is 91.0 Å². The van der Waals surface area contributed by atoms with Crippen LogP contribution in [-0.4, -0.2) is 24.9 Å². The Hall–Kier alpha value is -7.37.